The van der Waals surface area contributed by atoms with Gasteiger partial charge >= 0.3 is 5.97 Å². The van der Waals surface area contributed by atoms with E-state index in [4.69, 9.17) is 9.15 Å². The molecule has 2 aromatic rings. The smallest absolute Gasteiger partial charge is 0.374 e. The quantitative estimate of drug-likeness (QED) is 0.795. The van der Waals surface area contributed by atoms with Crippen LogP contribution in [0.2, 0.25) is 0 Å². The van der Waals surface area contributed by atoms with Crippen LogP contribution in [0.15, 0.2) is 27.5 Å². The molecule has 1 saturated heterocycles. The van der Waals surface area contributed by atoms with Gasteiger partial charge in [-0.25, -0.2) is 13.2 Å². The summed E-state index contributed by atoms with van der Waals surface area (Å²) in [6, 6.07) is 4.70. The molecule has 1 aliphatic rings. The molecule has 0 unspecified atom stereocenters. The van der Waals surface area contributed by atoms with Crippen LogP contribution in [-0.4, -0.2) is 38.9 Å². The Bertz CT molecular complexity index is 876. The van der Waals surface area contributed by atoms with Crippen molar-refractivity contribution in [3.8, 4) is 0 Å². The van der Waals surface area contributed by atoms with Crippen LogP contribution in [0.25, 0.3) is 11.0 Å². The summed E-state index contributed by atoms with van der Waals surface area (Å²) in [5, 5.41) is 0.613. The average Bonchev–Trinajstić information content (AvgIpc) is 2.91. The molecule has 0 spiro atoms. The first kappa shape index (κ1) is 17.0. The van der Waals surface area contributed by atoms with E-state index in [1.807, 2.05) is 0 Å². The largest absolute Gasteiger partial charge is 0.463 e. The normalized spacial score (nSPS) is 17.3. The second-order valence-corrected chi connectivity index (χ2v) is 8.23. The number of hydrogen-bond donors (Lipinski definition) is 0. The Morgan fingerprint density at radius 3 is 2.58 bits per heavy atom. The molecule has 1 aliphatic heterocycles. The van der Waals surface area contributed by atoms with E-state index in [1.165, 1.54) is 17.5 Å². The van der Waals surface area contributed by atoms with E-state index in [2.05, 4.69) is 6.92 Å². The summed E-state index contributed by atoms with van der Waals surface area (Å²) in [6.45, 7) is 4.94. The highest BCUT2D eigenvalue weighted by atomic mass is 32.2. The maximum atomic E-state index is 12.8. The molecule has 0 atom stereocenters. The summed E-state index contributed by atoms with van der Waals surface area (Å²) in [6.07, 6.45) is 1.75. The molecule has 7 heteroatoms. The Morgan fingerprint density at radius 2 is 1.96 bits per heavy atom. The second-order valence-electron chi connectivity index (χ2n) is 6.29. The van der Waals surface area contributed by atoms with Crippen LogP contribution < -0.4 is 0 Å². The van der Waals surface area contributed by atoms with E-state index < -0.39 is 16.0 Å². The third-order valence-electron chi connectivity index (χ3n) is 4.66. The second kappa shape index (κ2) is 6.22. The molecule has 0 aliphatic carbocycles. The van der Waals surface area contributed by atoms with E-state index in [0.29, 0.717) is 35.5 Å². The SMILES string of the molecule is COC(=O)c1oc2ccc(S(=O)(=O)N3CCC(C)CC3)cc2c1C. The molecule has 0 bridgehead atoms. The van der Waals surface area contributed by atoms with Gasteiger partial charge in [0.25, 0.3) is 0 Å². The van der Waals surface area contributed by atoms with E-state index >= 15 is 0 Å². The van der Waals surface area contributed by atoms with Crippen molar-refractivity contribution in [2.75, 3.05) is 20.2 Å². The number of aryl methyl sites for hydroxylation is 1. The van der Waals surface area contributed by atoms with E-state index in [-0.39, 0.29) is 10.7 Å². The van der Waals surface area contributed by atoms with Gasteiger partial charge in [-0.05, 0) is 43.9 Å². The van der Waals surface area contributed by atoms with Gasteiger partial charge in [0, 0.05) is 24.0 Å². The summed E-state index contributed by atoms with van der Waals surface area (Å²) in [5.41, 5.74) is 1.06. The topological polar surface area (TPSA) is 76.8 Å². The van der Waals surface area contributed by atoms with Gasteiger partial charge in [0.2, 0.25) is 15.8 Å². The number of methoxy groups -OCH3 is 1. The average molecular weight is 351 g/mol. The van der Waals surface area contributed by atoms with Crippen LogP contribution in [0.1, 0.15) is 35.9 Å². The van der Waals surface area contributed by atoms with Gasteiger partial charge in [0.05, 0.1) is 12.0 Å². The van der Waals surface area contributed by atoms with Gasteiger partial charge in [-0.1, -0.05) is 6.92 Å². The van der Waals surface area contributed by atoms with Crippen molar-refractivity contribution < 1.29 is 22.4 Å². The fourth-order valence-electron chi connectivity index (χ4n) is 3.02. The van der Waals surface area contributed by atoms with Crippen molar-refractivity contribution in [2.45, 2.75) is 31.6 Å². The Balaban J connectivity index is 2.01. The minimum absolute atomic E-state index is 0.105. The van der Waals surface area contributed by atoms with Gasteiger partial charge in [0.15, 0.2) is 0 Å². The molecule has 0 N–H and O–H groups in total. The van der Waals surface area contributed by atoms with E-state index in [9.17, 15) is 13.2 Å². The van der Waals surface area contributed by atoms with Gasteiger partial charge < -0.3 is 9.15 Å². The summed E-state index contributed by atoms with van der Waals surface area (Å²) in [4.78, 5) is 11.9. The summed E-state index contributed by atoms with van der Waals surface area (Å²) >= 11 is 0. The zero-order valence-electron chi connectivity index (χ0n) is 14.0. The Hall–Kier alpha value is -1.86. The number of piperidine rings is 1. The zero-order chi connectivity index (χ0) is 17.5. The molecule has 1 fully saturated rings. The molecule has 24 heavy (non-hydrogen) atoms. The van der Waals surface area contributed by atoms with Gasteiger partial charge in [-0.3, -0.25) is 0 Å². The first-order valence-corrected chi connectivity index (χ1v) is 9.40. The number of carbonyl (C=O) groups excluding carboxylic acids is 1. The molecule has 6 nitrogen and oxygen atoms in total. The van der Waals surface area contributed by atoms with Gasteiger partial charge in [0.1, 0.15) is 5.58 Å². The van der Waals surface area contributed by atoms with E-state index in [0.717, 1.165) is 12.8 Å². The van der Waals surface area contributed by atoms with Crippen LogP contribution in [0.3, 0.4) is 0 Å². The summed E-state index contributed by atoms with van der Waals surface area (Å²) < 4.78 is 37.4. The Kier molecular flexibility index (Phi) is 4.40. The minimum Gasteiger partial charge on any atom is -0.463 e. The molecular weight excluding hydrogens is 330 g/mol. The molecule has 130 valence electrons. The third-order valence-corrected chi connectivity index (χ3v) is 6.55. The first-order valence-electron chi connectivity index (χ1n) is 7.96. The maximum absolute atomic E-state index is 12.8. The van der Waals surface area contributed by atoms with Gasteiger partial charge in [-0.15, -0.1) is 0 Å². The number of carbonyl (C=O) groups is 1. The molecular formula is C17H21NO5S. The predicted molar refractivity (Wildman–Crippen MR) is 89.4 cm³/mol. The lowest BCUT2D eigenvalue weighted by atomic mass is 10.0. The van der Waals surface area contributed by atoms with Crippen molar-refractivity contribution in [2.24, 2.45) is 5.92 Å². The van der Waals surface area contributed by atoms with Crippen LogP contribution >= 0.6 is 0 Å². The Labute approximate surface area is 141 Å². The fraction of sp³-hybridized carbons (Fsp3) is 0.471. The third kappa shape index (κ3) is 2.82. The minimum atomic E-state index is -3.53. The number of rotatable bonds is 3. The van der Waals surface area contributed by atoms with E-state index in [1.54, 1.807) is 19.1 Å². The van der Waals surface area contributed by atoms with Gasteiger partial charge in [-0.2, -0.15) is 4.31 Å². The molecule has 1 aromatic heterocycles. The number of esters is 1. The van der Waals surface area contributed by atoms with Crippen LogP contribution in [0, 0.1) is 12.8 Å². The highest BCUT2D eigenvalue weighted by molar-refractivity contribution is 7.89. The number of nitrogens with zero attached hydrogens (tertiary/aromatic N) is 1. The highest BCUT2D eigenvalue weighted by Crippen LogP contribution is 2.30. The lowest BCUT2D eigenvalue weighted by Crippen LogP contribution is -2.37. The maximum Gasteiger partial charge on any atom is 0.374 e. The van der Waals surface area contributed by atoms with Crippen molar-refractivity contribution in [3.63, 3.8) is 0 Å². The summed E-state index contributed by atoms with van der Waals surface area (Å²) in [5.74, 6) is 0.0876. The predicted octanol–water partition coefficient (Wildman–Crippen LogP) is 2.95. The van der Waals surface area contributed by atoms with Crippen molar-refractivity contribution >= 4 is 27.0 Å². The lowest BCUT2D eigenvalue weighted by Gasteiger charge is -2.29. The fourth-order valence-corrected chi connectivity index (χ4v) is 4.52. The van der Waals surface area contributed by atoms with Crippen molar-refractivity contribution in [3.05, 3.63) is 29.5 Å². The number of fused-ring (bicyclic) bond motifs is 1. The first-order chi connectivity index (χ1) is 11.3. The Morgan fingerprint density at radius 1 is 1.29 bits per heavy atom. The highest BCUT2D eigenvalue weighted by Gasteiger charge is 2.29. The van der Waals surface area contributed by atoms with Crippen molar-refractivity contribution in [1.82, 2.24) is 4.31 Å². The summed E-state index contributed by atoms with van der Waals surface area (Å²) in [7, 11) is -2.25. The molecule has 1 aromatic carbocycles. The van der Waals surface area contributed by atoms with Crippen molar-refractivity contribution in [1.29, 1.82) is 0 Å². The monoisotopic (exact) mass is 351 g/mol. The van der Waals surface area contributed by atoms with Crippen LogP contribution in [0.5, 0.6) is 0 Å². The number of ether oxygens (including phenoxy) is 1. The molecule has 0 radical (unpaired) electrons. The number of hydrogen-bond acceptors (Lipinski definition) is 5. The lowest BCUT2D eigenvalue weighted by molar-refractivity contribution is 0.0566. The molecule has 0 saturated carbocycles. The number of sulfonamides is 1. The van der Waals surface area contributed by atoms with Crippen LogP contribution in [-0.2, 0) is 14.8 Å². The molecule has 3 rings (SSSR count). The molecule has 0 amide bonds. The standard InChI is InChI=1S/C17H21NO5S/c1-11-6-8-18(9-7-11)24(20,21)13-4-5-15-14(10-13)12(2)16(23-15)17(19)22-3/h4-5,10-11H,6-9H2,1-3H3. The zero-order valence-corrected chi connectivity index (χ0v) is 14.9. The number of benzene rings is 1. The molecule has 2 heterocycles. The number of furan rings is 1. The van der Waals surface area contributed by atoms with Crippen LogP contribution in [0.4, 0.5) is 0 Å².